The van der Waals surface area contributed by atoms with Crippen molar-refractivity contribution < 1.29 is 14.3 Å². The first-order valence-electron chi connectivity index (χ1n) is 9.21. The Hall–Kier alpha value is -1.39. The fraction of sp³-hybridized carbons (Fsp3) is 0.650. The summed E-state index contributed by atoms with van der Waals surface area (Å²) in [6, 6.07) is 8.57. The van der Waals surface area contributed by atoms with E-state index in [4.69, 9.17) is 9.47 Å². The topological polar surface area (TPSA) is 47.6 Å². The lowest BCUT2D eigenvalue weighted by molar-refractivity contribution is -0.142. The minimum atomic E-state index is -0.113. The molecule has 0 unspecified atom stereocenters. The van der Waals surface area contributed by atoms with Crippen molar-refractivity contribution in [1.29, 1.82) is 0 Å². The number of rotatable bonds is 9. The fourth-order valence-electron chi connectivity index (χ4n) is 3.13. The van der Waals surface area contributed by atoms with Crippen LogP contribution in [0.5, 0.6) is 0 Å². The van der Waals surface area contributed by atoms with E-state index in [2.05, 4.69) is 36.5 Å². The molecule has 4 heteroatoms. The average Bonchev–Trinajstić information content (AvgIpc) is 2.59. The standard InChI is InChI=1S/C20H31NO3/c1-3-23-20(22)12-13-21-14-17-8-10-19(11-9-17)24-15-18-6-4-16(2)5-7-18/h4-7,17,19,21H,3,8-15H2,1-2H3/t17-,19-. The third-order valence-corrected chi connectivity index (χ3v) is 4.64. The number of esters is 1. The number of hydrogen-bond donors (Lipinski definition) is 1. The molecule has 0 atom stereocenters. The molecule has 1 aromatic carbocycles. The van der Waals surface area contributed by atoms with Crippen LogP contribution in [-0.4, -0.2) is 31.8 Å². The molecule has 1 aliphatic carbocycles. The zero-order valence-corrected chi connectivity index (χ0v) is 15.1. The molecular formula is C20H31NO3. The van der Waals surface area contributed by atoms with E-state index in [-0.39, 0.29) is 5.97 Å². The third-order valence-electron chi connectivity index (χ3n) is 4.64. The summed E-state index contributed by atoms with van der Waals surface area (Å²) in [5, 5.41) is 3.38. The summed E-state index contributed by atoms with van der Waals surface area (Å²) >= 11 is 0. The van der Waals surface area contributed by atoms with Crippen LogP contribution in [0, 0.1) is 12.8 Å². The Kier molecular flexibility index (Phi) is 8.26. The smallest absolute Gasteiger partial charge is 0.307 e. The summed E-state index contributed by atoms with van der Waals surface area (Å²) in [4.78, 5) is 11.3. The molecule has 134 valence electrons. The van der Waals surface area contributed by atoms with E-state index in [9.17, 15) is 4.79 Å². The molecule has 1 saturated carbocycles. The number of benzene rings is 1. The molecule has 0 radical (unpaired) electrons. The van der Waals surface area contributed by atoms with Gasteiger partial charge in [-0.25, -0.2) is 0 Å². The first-order chi connectivity index (χ1) is 11.7. The second kappa shape index (κ2) is 10.5. The lowest BCUT2D eigenvalue weighted by atomic mass is 9.87. The second-order valence-corrected chi connectivity index (χ2v) is 6.70. The van der Waals surface area contributed by atoms with Gasteiger partial charge in [0.2, 0.25) is 0 Å². The van der Waals surface area contributed by atoms with Crippen molar-refractivity contribution in [3.63, 3.8) is 0 Å². The molecule has 1 fully saturated rings. The van der Waals surface area contributed by atoms with Crippen molar-refractivity contribution in [2.75, 3.05) is 19.7 Å². The normalized spacial score (nSPS) is 20.8. The van der Waals surface area contributed by atoms with Gasteiger partial charge in [0, 0.05) is 6.54 Å². The molecule has 0 spiro atoms. The molecule has 0 heterocycles. The lowest BCUT2D eigenvalue weighted by Gasteiger charge is -2.28. The van der Waals surface area contributed by atoms with Gasteiger partial charge >= 0.3 is 5.97 Å². The highest BCUT2D eigenvalue weighted by atomic mass is 16.5. The van der Waals surface area contributed by atoms with Crippen LogP contribution >= 0.6 is 0 Å². The number of carbonyl (C=O) groups excluding carboxylic acids is 1. The van der Waals surface area contributed by atoms with Gasteiger partial charge in [-0.05, 0) is 57.6 Å². The van der Waals surface area contributed by atoms with Crippen LogP contribution in [0.2, 0.25) is 0 Å². The summed E-state index contributed by atoms with van der Waals surface area (Å²) in [5.41, 5.74) is 2.54. The lowest BCUT2D eigenvalue weighted by Crippen LogP contribution is -2.30. The Labute approximate surface area is 145 Å². The van der Waals surface area contributed by atoms with Gasteiger partial charge in [-0.2, -0.15) is 0 Å². The number of hydrogen-bond acceptors (Lipinski definition) is 4. The van der Waals surface area contributed by atoms with Gasteiger partial charge < -0.3 is 14.8 Å². The van der Waals surface area contributed by atoms with Crippen LogP contribution in [0.1, 0.15) is 50.2 Å². The molecule has 4 nitrogen and oxygen atoms in total. The second-order valence-electron chi connectivity index (χ2n) is 6.70. The van der Waals surface area contributed by atoms with Crippen LogP contribution < -0.4 is 5.32 Å². The van der Waals surface area contributed by atoms with Crippen LogP contribution in [-0.2, 0) is 20.9 Å². The molecule has 2 rings (SSSR count). The SMILES string of the molecule is CCOC(=O)CCNC[C@H]1CC[C@H](OCc2ccc(C)cc2)CC1. The molecule has 0 amide bonds. The van der Waals surface area contributed by atoms with E-state index in [0.717, 1.165) is 19.4 Å². The maximum Gasteiger partial charge on any atom is 0.307 e. The first-order valence-corrected chi connectivity index (χ1v) is 9.21. The van der Waals surface area contributed by atoms with E-state index >= 15 is 0 Å². The predicted molar refractivity (Wildman–Crippen MR) is 95.8 cm³/mol. The Bertz CT molecular complexity index is 478. The summed E-state index contributed by atoms with van der Waals surface area (Å²) < 4.78 is 11.0. The van der Waals surface area contributed by atoms with Crippen molar-refractivity contribution in [2.45, 2.75) is 58.7 Å². The van der Waals surface area contributed by atoms with Crippen LogP contribution in [0.3, 0.4) is 0 Å². The quantitative estimate of drug-likeness (QED) is 0.554. The van der Waals surface area contributed by atoms with Gasteiger partial charge in [0.1, 0.15) is 0 Å². The molecule has 1 N–H and O–H groups in total. The molecule has 0 saturated heterocycles. The molecule has 1 aromatic rings. The first kappa shape index (κ1) is 18.9. The van der Waals surface area contributed by atoms with Gasteiger partial charge in [-0.15, -0.1) is 0 Å². The molecular weight excluding hydrogens is 302 g/mol. The summed E-state index contributed by atoms with van der Waals surface area (Å²) in [6.07, 6.45) is 5.52. The van der Waals surface area contributed by atoms with Crippen molar-refractivity contribution in [2.24, 2.45) is 5.92 Å². The zero-order valence-electron chi connectivity index (χ0n) is 15.1. The molecule has 0 bridgehead atoms. The van der Waals surface area contributed by atoms with E-state index in [1.54, 1.807) is 0 Å². The number of ether oxygens (including phenoxy) is 2. The van der Waals surface area contributed by atoms with Crippen molar-refractivity contribution >= 4 is 5.97 Å². The highest BCUT2D eigenvalue weighted by Gasteiger charge is 2.21. The monoisotopic (exact) mass is 333 g/mol. The van der Waals surface area contributed by atoms with Gasteiger partial charge in [0.15, 0.2) is 0 Å². The zero-order chi connectivity index (χ0) is 17.2. The molecule has 1 aliphatic rings. The maximum atomic E-state index is 11.3. The van der Waals surface area contributed by atoms with E-state index in [0.29, 0.717) is 38.2 Å². The Morgan fingerprint density at radius 2 is 1.88 bits per heavy atom. The molecule has 0 aromatic heterocycles. The van der Waals surface area contributed by atoms with Gasteiger partial charge in [-0.1, -0.05) is 29.8 Å². The minimum Gasteiger partial charge on any atom is -0.466 e. The van der Waals surface area contributed by atoms with Crippen molar-refractivity contribution in [1.82, 2.24) is 5.32 Å². The maximum absolute atomic E-state index is 11.3. The van der Waals surface area contributed by atoms with Gasteiger partial charge in [0.05, 0.1) is 25.7 Å². The van der Waals surface area contributed by atoms with Crippen molar-refractivity contribution in [3.8, 4) is 0 Å². The summed E-state index contributed by atoms with van der Waals surface area (Å²) in [6.45, 7) is 6.82. The van der Waals surface area contributed by atoms with E-state index in [1.165, 1.54) is 24.0 Å². The van der Waals surface area contributed by atoms with E-state index in [1.807, 2.05) is 6.92 Å². The Morgan fingerprint density at radius 3 is 2.54 bits per heavy atom. The number of nitrogens with one attached hydrogen (secondary N) is 1. The largest absolute Gasteiger partial charge is 0.466 e. The predicted octanol–water partition coefficient (Wildman–Crippen LogP) is 3.61. The van der Waals surface area contributed by atoms with Gasteiger partial charge in [0.25, 0.3) is 0 Å². The highest BCUT2D eigenvalue weighted by molar-refractivity contribution is 5.69. The summed E-state index contributed by atoms with van der Waals surface area (Å²) in [5.74, 6) is 0.588. The molecule has 24 heavy (non-hydrogen) atoms. The average molecular weight is 333 g/mol. The minimum absolute atomic E-state index is 0.113. The fourth-order valence-corrected chi connectivity index (χ4v) is 3.13. The Balaban J connectivity index is 1.54. The third kappa shape index (κ3) is 7.02. The van der Waals surface area contributed by atoms with E-state index < -0.39 is 0 Å². The van der Waals surface area contributed by atoms with Crippen molar-refractivity contribution in [3.05, 3.63) is 35.4 Å². The number of aryl methyl sites for hydroxylation is 1. The van der Waals surface area contributed by atoms with Gasteiger partial charge in [-0.3, -0.25) is 4.79 Å². The Morgan fingerprint density at radius 1 is 1.17 bits per heavy atom. The molecule has 0 aliphatic heterocycles. The summed E-state index contributed by atoms with van der Waals surface area (Å²) in [7, 11) is 0. The van der Waals surface area contributed by atoms with Crippen LogP contribution in [0.4, 0.5) is 0 Å². The highest BCUT2D eigenvalue weighted by Crippen LogP contribution is 2.26. The van der Waals surface area contributed by atoms with Crippen LogP contribution in [0.25, 0.3) is 0 Å². The van der Waals surface area contributed by atoms with Crippen LogP contribution in [0.15, 0.2) is 24.3 Å². The number of carbonyl (C=O) groups is 1.